The van der Waals surface area contributed by atoms with Gasteiger partial charge in [0.05, 0.1) is 11.8 Å². The van der Waals surface area contributed by atoms with Crippen molar-refractivity contribution in [2.45, 2.75) is 32.9 Å². The van der Waals surface area contributed by atoms with E-state index in [4.69, 9.17) is 0 Å². The number of urea groups is 1. The van der Waals surface area contributed by atoms with Crippen LogP contribution in [0.4, 0.5) is 10.5 Å². The maximum Gasteiger partial charge on any atom is 0.319 e. The second kappa shape index (κ2) is 7.56. The van der Waals surface area contributed by atoms with Crippen LogP contribution in [0, 0.1) is 0 Å². The Morgan fingerprint density at radius 2 is 2.18 bits per heavy atom. The van der Waals surface area contributed by atoms with Crippen LogP contribution in [0.15, 0.2) is 30.6 Å². The highest BCUT2D eigenvalue weighted by molar-refractivity contribution is 5.93. The predicted octanol–water partition coefficient (Wildman–Crippen LogP) is 1.86. The van der Waals surface area contributed by atoms with E-state index in [1.165, 1.54) is 0 Å². The molecule has 1 aromatic carbocycles. The fraction of sp³-hybridized carbons (Fsp3) is 0.400. The summed E-state index contributed by atoms with van der Waals surface area (Å²) >= 11 is 0. The third-order valence-electron chi connectivity index (χ3n) is 3.22. The van der Waals surface area contributed by atoms with Gasteiger partial charge in [-0.25, -0.2) is 4.79 Å². The van der Waals surface area contributed by atoms with Crippen molar-refractivity contribution in [1.82, 2.24) is 20.1 Å². The molecular formula is C15H21N5O2. The molecule has 0 saturated heterocycles. The van der Waals surface area contributed by atoms with Crippen molar-refractivity contribution in [3.05, 3.63) is 30.6 Å². The van der Waals surface area contributed by atoms with Crippen LogP contribution in [0.2, 0.25) is 0 Å². The Balaban J connectivity index is 2.10. The number of carbonyl (C=O) groups excluding carboxylic acids is 1. The number of aliphatic hydroxyl groups excluding tert-OH is 1. The van der Waals surface area contributed by atoms with E-state index in [-0.39, 0.29) is 6.03 Å². The van der Waals surface area contributed by atoms with E-state index in [9.17, 15) is 9.90 Å². The molecule has 1 atom stereocenters. The molecule has 7 nitrogen and oxygen atoms in total. The second-order valence-electron chi connectivity index (χ2n) is 5.00. The number of hydrogen-bond donors (Lipinski definition) is 3. The number of benzene rings is 1. The zero-order valence-electron chi connectivity index (χ0n) is 12.8. The standard InChI is InChI=1S/C15H21N5O2/c1-3-20-10-17-19-14(20)12-6-4-5-7-13(12)18-15(22)16-9-8-11(2)21/h4-7,10-11,21H,3,8-9H2,1-2H3,(H2,16,18,22). The number of anilines is 1. The van der Waals surface area contributed by atoms with Gasteiger partial charge in [0.1, 0.15) is 6.33 Å². The van der Waals surface area contributed by atoms with Crippen LogP contribution in [0.25, 0.3) is 11.4 Å². The average Bonchev–Trinajstić information content (AvgIpc) is 2.95. The molecule has 2 amide bonds. The lowest BCUT2D eigenvalue weighted by Crippen LogP contribution is -2.31. The van der Waals surface area contributed by atoms with Gasteiger partial charge in [-0.1, -0.05) is 12.1 Å². The molecule has 118 valence electrons. The lowest BCUT2D eigenvalue weighted by Gasteiger charge is -2.12. The highest BCUT2D eigenvalue weighted by Gasteiger charge is 2.12. The van der Waals surface area contributed by atoms with Gasteiger partial charge in [-0.15, -0.1) is 10.2 Å². The summed E-state index contributed by atoms with van der Waals surface area (Å²) in [5, 5.41) is 22.7. The number of aryl methyl sites for hydroxylation is 1. The third kappa shape index (κ3) is 4.05. The van der Waals surface area contributed by atoms with Crippen LogP contribution < -0.4 is 10.6 Å². The molecule has 2 rings (SSSR count). The van der Waals surface area contributed by atoms with Gasteiger partial charge in [0.2, 0.25) is 0 Å². The molecule has 0 aliphatic rings. The summed E-state index contributed by atoms with van der Waals surface area (Å²) in [5.74, 6) is 0.711. The fourth-order valence-corrected chi connectivity index (χ4v) is 2.04. The van der Waals surface area contributed by atoms with Gasteiger partial charge in [-0.05, 0) is 32.4 Å². The van der Waals surface area contributed by atoms with E-state index in [2.05, 4.69) is 20.8 Å². The summed E-state index contributed by atoms with van der Waals surface area (Å²) in [6, 6.07) is 7.14. The van der Waals surface area contributed by atoms with Crippen LogP contribution in [0.3, 0.4) is 0 Å². The molecule has 0 aliphatic heterocycles. The second-order valence-corrected chi connectivity index (χ2v) is 5.00. The number of amides is 2. The van der Waals surface area contributed by atoms with Crippen molar-refractivity contribution in [2.24, 2.45) is 0 Å². The van der Waals surface area contributed by atoms with E-state index in [0.717, 1.165) is 12.1 Å². The van der Waals surface area contributed by atoms with Crippen molar-refractivity contribution in [3.63, 3.8) is 0 Å². The van der Waals surface area contributed by atoms with E-state index in [1.807, 2.05) is 35.8 Å². The van der Waals surface area contributed by atoms with Crippen molar-refractivity contribution >= 4 is 11.7 Å². The van der Waals surface area contributed by atoms with Crippen LogP contribution >= 0.6 is 0 Å². The lowest BCUT2D eigenvalue weighted by atomic mass is 10.1. The number of carbonyl (C=O) groups is 1. The van der Waals surface area contributed by atoms with Crippen molar-refractivity contribution < 1.29 is 9.90 Å². The summed E-state index contributed by atoms with van der Waals surface area (Å²) in [7, 11) is 0. The summed E-state index contributed by atoms with van der Waals surface area (Å²) < 4.78 is 1.91. The number of rotatable bonds is 6. The Morgan fingerprint density at radius 1 is 1.41 bits per heavy atom. The molecule has 0 radical (unpaired) electrons. The quantitative estimate of drug-likeness (QED) is 0.759. The predicted molar refractivity (Wildman–Crippen MR) is 84.5 cm³/mol. The van der Waals surface area contributed by atoms with Crippen LogP contribution in [0.1, 0.15) is 20.3 Å². The zero-order valence-corrected chi connectivity index (χ0v) is 12.8. The maximum absolute atomic E-state index is 11.9. The first-order valence-electron chi connectivity index (χ1n) is 7.32. The minimum absolute atomic E-state index is 0.310. The molecule has 3 N–H and O–H groups in total. The average molecular weight is 303 g/mol. The number of nitrogens with zero attached hydrogens (tertiary/aromatic N) is 3. The first-order chi connectivity index (χ1) is 10.6. The number of aromatic nitrogens is 3. The highest BCUT2D eigenvalue weighted by atomic mass is 16.3. The van der Waals surface area contributed by atoms with Crippen LogP contribution in [-0.4, -0.2) is 38.6 Å². The van der Waals surface area contributed by atoms with Gasteiger partial charge in [-0.2, -0.15) is 0 Å². The summed E-state index contributed by atoms with van der Waals surface area (Å²) in [6.07, 6.45) is 1.74. The molecule has 2 aromatic rings. The normalized spacial score (nSPS) is 12.0. The third-order valence-corrected chi connectivity index (χ3v) is 3.22. The molecule has 0 bridgehead atoms. The van der Waals surface area contributed by atoms with Crippen LogP contribution in [0.5, 0.6) is 0 Å². The molecule has 0 fully saturated rings. The SMILES string of the molecule is CCn1cnnc1-c1ccccc1NC(=O)NCCC(C)O. The Hall–Kier alpha value is -2.41. The molecule has 7 heteroatoms. The monoisotopic (exact) mass is 303 g/mol. The zero-order chi connectivity index (χ0) is 15.9. The largest absolute Gasteiger partial charge is 0.393 e. The van der Waals surface area contributed by atoms with Crippen molar-refractivity contribution in [3.8, 4) is 11.4 Å². The minimum atomic E-state index is -0.435. The molecule has 22 heavy (non-hydrogen) atoms. The first kappa shape index (κ1) is 16.0. The Bertz CT molecular complexity index is 624. The molecular weight excluding hydrogens is 282 g/mol. The highest BCUT2D eigenvalue weighted by Crippen LogP contribution is 2.25. The topological polar surface area (TPSA) is 92.1 Å². The first-order valence-corrected chi connectivity index (χ1v) is 7.32. The van der Waals surface area contributed by atoms with Gasteiger partial charge in [0, 0.05) is 18.7 Å². The molecule has 1 unspecified atom stereocenters. The maximum atomic E-state index is 11.9. The molecule has 0 aliphatic carbocycles. The Kier molecular flexibility index (Phi) is 5.48. The van der Waals surface area contributed by atoms with E-state index >= 15 is 0 Å². The molecule has 1 heterocycles. The Labute approximate surface area is 129 Å². The molecule has 0 spiro atoms. The summed E-state index contributed by atoms with van der Waals surface area (Å²) in [5.41, 5.74) is 1.48. The Morgan fingerprint density at radius 3 is 2.91 bits per heavy atom. The van der Waals surface area contributed by atoms with Crippen molar-refractivity contribution in [2.75, 3.05) is 11.9 Å². The lowest BCUT2D eigenvalue weighted by molar-refractivity contribution is 0.184. The van der Waals surface area contributed by atoms with Gasteiger partial charge >= 0.3 is 6.03 Å². The van der Waals surface area contributed by atoms with E-state index < -0.39 is 6.10 Å². The van der Waals surface area contributed by atoms with Gasteiger partial charge < -0.3 is 20.3 Å². The minimum Gasteiger partial charge on any atom is -0.393 e. The van der Waals surface area contributed by atoms with Gasteiger partial charge in [0.15, 0.2) is 5.82 Å². The van der Waals surface area contributed by atoms with Crippen molar-refractivity contribution in [1.29, 1.82) is 0 Å². The molecule has 0 saturated carbocycles. The summed E-state index contributed by atoms with van der Waals surface area (Å²) in [6.45, 7) is 4.85. The smallest absolute Gasteiger partial charge is 0.319 e. The molecule has 1 aromatic heterocycles. The number of nitrogens with one attached hydrogen (secondary N) is 2. The van der Waals surface area contributed by atoms with E-state index in [0.29, 0.717) is 24.5 Å². The number of para-hydroxylation sites is 1. The number of hydrogen-bond acceptors (Lipinski definition) is 4. The van der Waals surface area contributed by atoms with Gasteiger partial charge in [-0.3, -0.25) is 0 Å². The summed E-state index contributed by atoms with van der Waals surface area (Å²) in [4.78, 5) is 11.9. The fourth-order valence-electron chi connectivity index (χ4n) is 2.04. The van der Waals surface area contributed by atoms with Crippen LogP contribution in [-0.2, 0) is 6.54 Å². The number of aliphatic hydroxyl groups is 1. The van der Waals surface area contributed by atoms with E-state index in [1.54, 1.807) is 13.3 Å². The van der Waals surface area contributed by atoms with Gasteiger partial charge in [0.25, 0.3) is 0 Å².